The average molecular weight is 881 g/mol. The molecule has 2 fully saturated rings. The van der Waals surface area contributed by atoms with E-state index in [0.717, 1.165) is 10.9 Å². The largest absolute Gasteiger partial charge is 0.510 e. The SMILES string of the molecule is CN1CN([C@@H]2O[C@H](COP(=O)(O)OCC(COP(=O)(O)OC[C@H]3O[C@@H](n4cnc5c(=O)[nH]c(N)nc54)[C@H](O)[C@@H]3O)OP(=O)(O)F)[C@@H](O)[C@H]2O)c2nc(N)[nH]c(=O)c21. The number of aromatic nitrogens is 6. The molecule has 3 aliphatic rings. The predicted octanol–water partition coefficient (Wildman–Crippen LogP) is -3.93. The van der Waals surface area contributed by atoms with Crippen molar-refractivity contribution in [3.8, 4) is 0 Å². The lowest BCUT2D eigenvalue weighted by Crippen LogP contribution is -2.45. The molecule has 12 atom stereocenters. The van der Waals surface area contributed by atoms with E-state index >= 15 is 0 Å². The Kier molecular flexibility index (Phi) is 12.3. The maximum atomic E-state index is 13.6. The first-order valence-corrected chi connectivity index (χ1v) is 20.6. The monoisotopic (exact) mass is 880 g/mol. The lowest BCUT2D eigenvalue weighted by atomic mass is 10.1. The van der Waals surface area contributed by atoms with Crippen molar-refractivity contribution in [3.63, 3.8) is 0 Å². The number of nitrogens with zero attached hydrogens (tertiary/aromatic N) is 6. The number of ether oxygens (including phenoxy) is 2. The molecular weight excluding hydrogens is 844 g/mol. The number of halogens is 1. The van der Waals surface area contributed by atoms with E-state index in [1.807, 2.05) is 0 Å². The fourth-order valence-corrected chi connectivity index (χ4v) is 8.01. The highest BCUT2D eigenvalue weighted by Crippen LogP contribution is 2.50. The van der Waals surface area contributed by atoms with Crippen molar-refractivity contribution in [2.75, 3.05) is 61.4 Å². The van der Waals surface area contributed by atoms with Crippen molar-refractivity contribution in [2.45, 2.75) is 55.2 Å². The number of fused-ring (bicyclic) bond motifs is 2. The van der Waals surface area contributed by atoms with E-state index in [1.54, 1.807) is 0 Å². The molecule has 2 saturated heterocycles. The summed E-state index contributed by atoms with van der Waals surface area (Å²) in [5.41, 5.74) is 9.64. The maximum absolute atomic E-state index is 13.6. The number of nitrogens with two attached hydrogens (primary N) is 2. The summed E-state index contributed by atoms with van der Waals surface area (Å²) in [5.74, 6) is -0.546. The van der Waals surface area contributed by atoms with Gasteiger partial charge >= 0.3 is 23.6 Å². The van der Waals surface area contributed by atoms with Crippen LogP contribution in [0.1, 0.15) is 6.23 Å². The van der Waals surface area contributed by atoms with Gasteiger partial charge in [-0.15, -0.1) is 4.20 Å². The van der Waals surface area contributed by atoms with E-state index in [9.17, 15) is 57.7 Å². The van der Waals surface area contributed by atoms with E-state index in [0.29, 0.717) is 0 Å². The molecule has 13 N–H and O–H groups in total. The zero-order chi connectivity index (χ0) is 41.8. The fourth-order valence-electron chi connectivity index (χ4n) is 5.99. The van der Waals surface area contributed by atoms with Gasteiger partial charge < -0.3 is 61.0 Å². The summed E-state index contributed by atoms with van der Waals surface area (Å²) in [7, 11) is -14.9. The van der Waals surface area contributed by atoms with Crippen LogP contribution >= 0.6 is 23.6 Å². The fraction of sp³-hybridized carbons (Fsp3) is 0.625. The summed E-state index contributed by atoms with van der Waals surface area (Å²) in [5, 5.41) is 42.3. The van der Waals surface area contributed by atoms with Crippen LogP contribution in [0.5, 0.6) is 0 Å². The quantitative estimate of drug-likeness (QED) is 0.0612. The van der Waals surface area contributed by atoms with Gasteiger partial charge in [0, 0.05) is 7.05 Å². The van der Waals surface area contributed by atoms with Gasteiger partial charge in [0.25, 0.3) is 11.1 Å². The zero-order valence-electron chi connectivity index (χ0n) is 28.9. The van der Waals surface area contributed by atoms with E-state index < -0.39 is 116 Å². The number of nitrogen functional groups attached to an aromatic ring is 2. The third kappa shape index (κ3) is 9.53. The Morgan fingerprint density at radius 3 is 1.96 bits per heavy atom. The number of aliphatic hydroxyl groups excluding tert-OH is 4. The highest BCUT2D eigenvalue weighted by Gasteiger charge is 2.50. The molecule has 6 rings (SSSR count). The number of anilines is 4. The number of hydrogen-bond donors (Lipinski definition) is 11. The second-order valence-electron chi connectivity index (χ2n) is 12.6. The molecule has 3 aromatic heterocycles. The number of aliphatic hydroxyl groups is 4. The summed E-state index contributed by atoms with van der Waals surface area (Å²) < 4.78 is 85.6. The molecule has 3 aliphatic heterocycles. The van der Waals surface area contributed by atoms with Gasteiger partial charge in [0.2, 0.25) is 11.9 Å². The zero-order valence-corrected chi connectivity index (χ0v) is 31.6. The summed E-state index contributed by atoms with van der Waals surface area (Å²) >= 11 is 0. The highest BCUT2D eigenvalue weighted by atomic mass is 31.2. The lowest BCUT2D eigenvalue weighted by molar-refractivity contribution is -0.0526. The van der Waals surface area contributed by atoms with Gasteiger partial charge in [0.05, 0.1) is 39.4 Å². The third-order valence-electron chi connectivity index (χ3n) is 8.55. The van der Waals surface area contributed by atoms with Crippen LogP contribution in [-0.2, 0) is 45.8 Å². The van der Waals surface area contributed by atoms with Crippen LogP contribution in [0.4, 0.5) is 27.6 Å². The molecule has 0 radical (unpaired) electrons. The van der Waals surface area contributed by atoms with Gasteiger partial charge in [-0.3, -0.25) is 51.6 Å². The number of imidazole rings is 1. The molecule has 33 heteroatoms. The molecule has 0 amide bonds. The topological polar surface area (TPSA) is 425 Å². The number of rotatable bonds is 16. The Morgan fingerprint density at radius 1 is 0.860 bits per heavy atom. The minimum absolute atomic E-state index is 0.00742. The second-order valence-corrected chi connectivity index (χ2v) is 16.6. The summed E-state index contributed by atoms with van der Waals surface area (Å²) in [4.78, 5) is 73.1. The van der Waals surface area contributed by atoms with Crippen LogP contribution in [0, 0.1) is 0 Å². The smallest absolute Gasteiger partial charge is 0.387 e. The first kappa shape index (κ1) is 43.1. The molecule has 57 heavy (non-hydrogen) atoms. The molecule has 0 bridgehead atoms. The molecule has 0 saturated carbocycles. The molecule has 0 aromatic carbocycles. The van der Waals surface area contributed by atoms with Crippen LogP contribution in [0.3, 0.4) is 0 Å². The minimum Gasteiger partial charge on any atom is -0.387 e. The number of aromatic amines is 2. The first-order valence-electron chi connectivity index (χ1n) is 16.1. The van der Waals surface area contributed by atoms with Crippen LogP contribution < -0.4 is 32.4 Å². The van der Waals surface area contributed by atoms with Gasteiger partial charge in [-0.1, -0.05) is 0 Å². The van der Waals surface area contributed by atoms with Crippen molar-refractivity contribution in [3.05, 3.63) is 27.0 Å². The number of hydrogen-bond acceptors (Lipinski definition) is 23. The molecule has 29 nitrogen and oxygen atoms in total. The van der Waals surface area contributed by atoms with E-state index in [2.05, 4.69) is 38.5 Å². The standard InChI is InChI=1S/C24H36FN10O19P3/c1-33-7-35(18-12(33)20(41)32-24(27)30-18)22-16(39)14(37)10(53-22)5-51-57(46,47)49-3-8(54-55(25,42)43)2-48-56(44,45)50-4-9-13(36)15(38)21(52-9)34-6-28-11-17(34)29-23(26)31-19(11)40/h6,8-10,13-16,21-22,36-39H,2-5,7H2,1H3,(H,42,43)(H,44,45)(H,46,47)(H3,26,29,31,40)(H3,27,30,32,41)/t8?,9-,10-,13-,14-,15-,16-,21-,22-/m1/s1. The number of phosphoric acid groups is 2. The normalized spacial score (nSPS) is 30.0. The predicted molar refractivity (Wildman–Crippen MR) is 183 cm³/mol. The molecule has 318 valence electrons. The molecule has 0 spiro atoms. The molecule has 4 unspecified atom stereocenters. The van der Waals surface area contributed by atoms with E-state index in [1.165, 1.54) is 16.8 Å². The Bertz CT molecular complexity index is 2230. The van der Waals surface area contributed by atoms with Crippen molar-refractivity contribution in [1.29, 1.82) is 0 Å². The molecule has 6 heterocycles. The summed E-state index contributed by atoms with van der Waals surface area (Å²) in [6.45, 7) is -4.56. The number of nitrogens with one attached hydrogen (secondary N) is 2. The van der Waals surface area contributed by atoms with Crippen molar-refractivity contribution in [1.82, 2.24) is 29.5 Å². The van der Waals surface area contributed by atoms with E-state index in [-0.39, 0.29) is 41.2 Å². The maximum Gasteiger partial charge on any atom is 0.510 e. The molecule has 0 aliphatic carbocycles. The Morgan fingerprint density at radius 2 is 1.39 bits per heavy atom. The van der Waals surface area contributed by atoms with Crippen LogP contribution in [0.25, 0.3) is 11.2 Å². The van der Waals surface area contributed by atoms with Gasteiger partial charge in [0.15, 0.2) is 29.4 Å². The number of phosphoric ester groups is 2. The average Bonchev–Trinajstić information content (AvgIpc) is 3.83. The minimum atomic E-state index is -5.92. The van der Waals surface area contributed by atoms with Gasteiger partial charge in [0.1, 0.15) is 48.4 Å². The number of H-pyrrole nitrogens is 2. The van der Waals surface area contributed by atoms with Gasteiger partial charge in [-0.25, -0.2) is 18.7 Å². The molecule has 3 aromatic rings. The van der Waals surface area contributed by atoms with Crippen LogP contribution in [0.2, 0.25) is 0 Å². The summed E-state index contributed by atoms with van der Waals surface area (Å²) in [6.07, 6.45) is -13.9. The van der Waals surface area contributed by atoms with Crippen molar-refractivity contribution < 1.29 is 85.1 Å². The first-order chi connectivity index (χ1) is 26.5. The second kappa shape index (κ2) is 16.3. The van der Waals surface area contributed by atoms with Gasteiger partial charge in [-0.2, -0.15) is 9.97 Å². The van der Waals surface area contributed by atoms with Crippen molar-refractivity contribution in [2.24, 2.45) is 0 Å². The molecular formula is C24H36FN10O19P3. The Labute approximate surface area is 316 Å². The van der Waals surface area contributed by atoms with Crippen LogP contribution in [-0.4, -0.2) is 154 Å². The Balaban J connectivity index is 1.01. The third-order valence-corrected chi connectivity index (χ3v) is 11.0. The van der Waals surface area contributed by atoms with Crippen molar-refractivity contribution >= 4 is 58.1 Å². The van der Waals surface area contributed by atoms with E-state index in [4.69, 9.17) is 34.9 Å². The van der Waals surface area contributed by atoms with Crippen LogP contribution in [0.15, 0.2) is 15.9 Å². The highest BCUT2D eigenvalue weighted by molar-refractivity contribution is 7.48. The summed E-state index contributed by atoms with van der Waals surface area (Å²) in [6, 6.07) is 0. The Hall–Kier alpha value is -3.51. The lowest BCUT2D eigenvalue weighted by Gasteiger charge is -2.27. The van der Waals surface area contributed by atoms with Gasteiger partial charge in [-0.05, 0) is 0 Å².